The number of carboxylic acids is 1. The SMILES string of the molecule is CCOc1cc(C(Nc2ccc(C(=N)N)cc2)c2nn(C3=C(C(=O)O)N3OSC)c(=O)[nH]2)cnc1OC. The number of amidine groups is 1. The highest BCUT2D eigenvalue weighted by atomic mass is 32.2. The minimum atomic E-state index is -1.26. The van der Waals surface area contributed by atoms with Gasteiger partial charge in [0, 0.05) is 41.3 Å². The Morgan fingerprint density at radius 1 is 1.35 bits per heavy atom. The van der Waals surface area contributed by atoms with E-state index in [1.807, 2.05) is 6.92 Å². The molecule has 4 rings (SSSR count). The van der Waals surface area contributed by atoms with Crippen LogP contribution in [0.15, 0.2) is 47.0 Å². The molecular formula is C22H24N8O6S. The summed E-state index contributed by atoms with van der Waals surface area (Å²) in [5.41, 5.74) is 6.42. The molecule has 0 fully saturated rings. The van der Waals surface area contributed by atoms with E-state index in [1.54, 1.807) is 42.8 Å². The fraction of sp³-hybridized carbons (Fsp3) is 0.227. The number of hydrogen-bond donors (Lipinski definition) is 5. The highest BCUT2D eigenvalue weighted by Gasteiger charge is 2.45. The third-order valence-electron chi connectivity index (χ3n) is 5.19. The van der Waals surface area contributed by atoms with E-state index in [4.69, 9.17) is 24.9 Å². The van der Waals surface area contributed by atoms with Gasteiger partial charge in [0.2, 0.25) is 11.5 Å². The number of hydrogen-bond acceptors (Lipinski definition) is 11. The van der Waals surface area contributed by atoms with Gasteiger partial charge < -0.3 is 25.6 Å². The summed E-state index contributed by atoms with van der Waals surface area (Å²) in [5, 5.41) is 25.7. The number of carbonyl (C=O) groups is 1. The van der Waals surface area contributed by atoms with Crippen molar-refractivity contribution in [3.8, 4) is 11.6 Å². The Morgan fingerprint density at radius 3 is 2.68 bits per heavy atom. The van der Waals surface area contributed by atoms with Gasteiger partial charge in [-0.3, -0.25) is 10.4 Å². The molecule has 0 spiro atoms. The molecule has 1 unspecified atom stereocenters. The van der Waals surface area contributed by atoms with Crippen LogP contribution in [-0.4, -0.2) is 61.7 Å². The maximum atomic E-state index is 12.8. The molecule has 6 N–H and O–H groups in total. The molecule has 37 heavy (non-hydrogen) atoms. The lowest BCUT2D eigenvalue weighted by Gasteiger charge is -2.19. The number of aromatic amines is 1. The summed E-state index contributed by atoms with van der Waals surface area (Å²) in [4.78, 5) is 31.4. The summed E-state index contributed by atoms with van der Waals surface area (Å²) in [6.07, 6.45) is 3.15. The van der Waals surface area contributed by atoms with Crippen LogP contribution < -0.4 is 26.2 Å². The first-order chi connectivity index (χ1) is 17.8. The van der Waals surface area contributed by atoms with E-state index < -0.39 is 17.7 Å². The van der Waals surface area contributed by atoms with Gasteiger partial charge >= 0.3 is 11.7 Å². The average Bonchev–Trinajstić information content (AvgIpc) is 3.46. The molecule has 14 nitrogen and oxygen atoms in total. The second kappa shape index (κ2) is 10.6. The van der Waals surface area contributed by atoms with E-state index in [0.717, 1.165) is 21.8 Å². The van der Waals surface area contributed by atoms with Crippen molar-refractivity contribution in [2.24, 2.45) is 5.73 Å². The molecule has 1 aliphatic heterocycles. The molecule has 194 valence electrons. The number of methoxy groups -OCH3 is 1. The number of aromatic nitrogens is 4. The summed E-state index contributed by atoms with van der Waals surface area (Å²) in [5.74, 6) is -0.503. The van der Waals surface area contributed by atoms with Crippen LogP contribution in [0, 0.1) is 5.41 Å². The summed E-state index contributed by atoms with van der Waals surface area (Å²) in [6, 6.07) is 7.74. The van der Waals surface area contributed by atoms with Crippen molar-refractivity contribution in [2.45, 2.75) is 13.0 Å². The Bertz CT molecular complexity index is 1420. The Morgan fingerprint density at radius 2 is 2.08 bits per heavy atom. The lowest BCUT2D eigenvalue weighted by Crippen LogP contribution is -2.17. The molecular weight excluding hydrogens is 504 g/mol. The number of benzene rings is 1. The second-order valence-electron chi connectivity index (χ2n) is 7.52. The van der Waals surface area contributed by atoms with Crippen LogP contribution in [0.4, 0.5) is 5.69 Å². The van der Waals surface area contributed by atoms with E-state index in [9.17, 15) is 14.7 Å². The number of H-pyrrole nitrogens is 1. The van der Waals surface area contributed by atoms with Crippen molar-refractivity contribution < 1.29 is 23.7 Å². The third-order valence-corrected chi connectivity index (χ3v) is 5.49. The zero-order valence-electron chi connectivity index (χ0n) is 20.0. The number of nitrogens with one attached hydrogen (secondary N) is 3. The van der Waals surface area contributed by atoms with Crippen molar-refractivity contribution in [1.29, 1.82) is 5.41 Å². The first-order valence-electron chi connectivity index (χ1n) is 10.8. The number of hydroxylamine groups is 2. The number of nitrogens with zero attached hydrogens (tertiary/aromatic N) is 4. The highest BCUT2D eigenvalue weighted by Crippen LogP contribution is 2.38. The number of carboxylic acid groups (broad SMARTS) is 1. The molecule has 1 aromatic carbocycles. The van der Waals surface area contributed by atoms with Crippen LogP contribution in [0.1, 0.15) is 29.9 Å². The minimum absolute atomic E-state index is 0.0122. The minimum Gasteiger partial charge on any atom is -0.488 e. The number of nitrogen functional groups attached to an aromatic ring is 1. The standard InChI is InChI=1S/C22H24N8O6S/c1-4-35-14-9-12(10-25-19(14)34-2)15(26-13-7-5-11(6-8-13)17(23)24)18-27-22(33)29(28-18)20-16(21(31)32)30(20)36-37-3/h5-10,15,26H,4H2,1-3H3,(H3,23,24)(H,31,32)(H,27,28,33). The molecule has 0 amide bonds. The molecule has 1 aliphatic rings. The molecule has 2 aromatic heterocycles. The molecule has 0 bridgehead atoms. The predicted octanol–water partition coefficient (Wildman–Crippen LogP) is 1.60. The molecule has 0 aliphatic carbocycles. The number of anilines is 1. The topological polar surface area (TPSA) is 193 Å². The molecule has 1 atom stereocenters. The summed E-state index contributed by atoms with van der Waals surface area (Å²) in [7, 11) is 1.47. The molecule has 15 heteroatoms. The van der Waals surface area contributed by atoms with Gasteiger partial charge in [-0.25, -0.2) is 14.6 Å². The fourth-order valence-corrected chi connectivity index (χ4v) is 3.81. The molecule has 0 radical (unpaired) electrons. The summed E-state index contributed by atoms with van der Waals surface area (Å²) >= 11 is 0.919. The summed E-state index contributed by atoms with van der Waals surface area (Å²) in [6.45, 7) is 2.19. The van der Waals surface area contributed by atoms with Crippen LogP contribution in [0.2, 0.25) is 0 Å². The van der Waals surface area contributed by atoms with Gasteiger partial charge in [0.15, 0.2) is 11.6 Å². The second-order valence-corrected chi connectivity index (χ2v) is 8.00. The van der Waals surface area contributed by atoms with E-state index in [0.29, 0.717) is 29.2 Å². The number of ether oxygens (including phenoxy) is 2. The van der Waals surface area contributed by atoms with Gasteiger partial charge in [0.1, 0.15) is 11.9 Å². The van der Waals surface area contributed by atoms with E-state index in [2.05, 4.69) is 20.4 Å². The van der Waals surface area contributed by atoms with E-state index in [1.165, 1.54) is 7.11 Å². The maximum absolute atomic E-state index is 12.8. The molecule has 0 saturated heterocycles. The third kappa shape index (κ3) is 5.22. The predicted molar refractivity (Wildman–Crippen MR) is 135 cm³/mol. The maximum Gasteiger partial charge on any atom is 0.359 e. The Balaban J connectivity index is 1.77. The normalized spacial score (nSPS) is 13.3. The largest absolute Gasteiger partial charge is 0.488 e. The van der Waals surface area contributed by atoms with Crippen molar-refractivity contribution in [2.75, 3.05) is 25.3 Å². The van der Waals surface area contributed by atoms with Gasteiger partial charge in [-0.15, -0.1) is 5.10 Å². The smallest absolute Gasteiger partial charge is 0.359 e. The van der Waals surface area contributed by atoms with Crippen molar-refractivity contribution in [3.05, 3.63) is 69.7 Å². The fourth-order valence-electron chi connectivity index (χ4n) is 3.51. The lowest BCUT2D eigenvalue weighted by molar-refractivity contribution is -0.134. The number of aliphatic carboxylic acids is 1. The van der Waals surface area contributed by atoms with Crippen LogP contribution >= 0.6 is 12.0 Å². The van der Waals surface area contributed by atoms with Gasteiger partial charge in [0.25, 0.3) is 5.88 Å². The van der Waals surface area contributed by atoms with E-state index >= 15 is 0 Å². The number of pyridine rings is 1. The van der Waals surface area contributed by atoms with Crippen molar-refractivity contribution >= 4 is 35.4 Å². The quantitative estimate of drug-likeness (QED) is 0.130. The van der Waals surface area contributed by atoms with Crippen LogP contribution in [0.5, 0.6) is 11.6 Å². The monoisotopic (exact) mass is 528 g/mol. The van der Waals surface area contributed by atoms with Gasteiger partial charge in [0.05, 0.1) is 13.7 Å². The molecule has 3 aromatic rings. The number of nitrogens with two attached hydrogens (primary N) is 1. The summed E-state index contributed by atoms with van der Waals surface area (Å²) < 4.78 is 17.0. The van der Waals surface area contributed by atoms with Crippen LogP contribution in [0.3, 0.4) is 0 Å². The van der Waals surface area contributed by atoms with Crippen molar-refractivity contribution in [1.82, 2.24) is 24.8 Å². The Labute approximate surface area is 214 Å². The Kier molecular flexibility index (Phi) is 7.35. The van der Waals surface area contributed by atoms with Gasteiger partial charge in [-0.05, 0) is 37.3 Å². The Hall–Kier alpha value is -4.50. The highest BCUT2D eigenvalue weighted by molar-refractivity contribution is 7.93. The first-order valence-corrected chi connectivity index (χ1v) is 12.0. The van der Waals surface area contributed by atoms with Gasteiger partial charge in [-0.2, -0.15) is 14.0 Å². The van der Waals surface area contributed by atoms with Crippen LogP contribution in [-0.2, 0) is 9.08 Å². The average molecular weight is 529 g/mol. The first kappa shape index (κ1) is 25.6. The van der Waals surface area contributed by atoms with Gasteiger partial charge in [-0.1, -0.05) is 0 Å². The van der Waals surface area contributed by atoms with Crippen molar-refractivity contribution in [3.63, 3.8) is 0 Å². The zero-order valence-corrected chi connectivity index (χ0v) is 20.8. The van der Waals surface area contributed by atoms with Crippen LogP contribution in [0.25, 0.3) is 5.82 Å². The zero-order chi connectivity index (χ0) is 26.7. The molecule has 0 saturated carbocycles. The van der Waals surface area contributed by atoms with E-state index in [-0.39, 0.29) is 29.1 Å². The lowest BCUT2D eigenvalue weighted by atomic mass is 10.1. The molecule has 3 heterocycles. The number of rotatable bonds is 12.